The van der Waals surface area contributed by atoms with Crippen molar-refractivity contribution in [3.05, 3.63) is 47.5 Å². The van der Waals surface area contributed by atoms with Gasteiger partial charge < -0.3 is 9.80 Å². The van der Waals surface area contributed by atoms with E-state index in [1.54, 1.807) is 23.0 Å². The highest BCUT2D eigenvalue weighted by atomic mass is 19.1. The second-order valence-electron chi connectivity index (χ2n) is 6.94. The fraction of sp³-hybridized carbons (Fsp3) is 0.474. The zero-order valence-corrected chi connectivity index (χ0v) is 15.1. The number of hydrogen-bond acceptors (Lipinski definition) is 3. The van der Waals surface area contributed by atoms with E-state index in [1.807, 2.05) is 18.7 Å². The third-order valence-electron chi connectivity index (χ3n) is 4.66. The number of rotatable bonds is 3. The zero-order valence-electron chi connectivity index (χ0n) is 15.1. The van der Waals surface area contributed by atoms with E-state index in [0.717, 1.165) is 44.0 Å². The Hall–Kier alpha value is -2.21. The Labute approximate surface area is 148 Å². The van der Waals surface area contributed by atoms with E-state index >= 15 is 0 Å². The summed E-state index contributed by atoms with van der Waals surface area (Å²) in [5.41, 5.74) is 2.28. The van der Waals surface area contributed by atoms with E-state index in [1.165, 1.54) is 12.1 Å². The van der Waals surface area contributed by atoms with E-state index in [9.17, 15) is 9.18 Å². The summed E-state index contributed by atoms with van der Waals surface area (Å²) in [7, 11) is 2.08. The Bertz CT molecular complexity index is 738. The van der Waals surface area contributed by atoms with Crippen LogP contribution in [0.3, 0.4) is 0 Å². The number of halogens is 1. The molecule has 1 fully saturated rings. The van der Waals surface area contributed by atoms with Gasteiger partial charge in [-0.05, 0) is 50.2 Å². The number of amides is 1. The van der Waals surface area contributed by atoms with Crippen molar-refractivity contribution in [3.63, 3.8) is 0 Å². The lowest BCUT2D eigenvalue weighted by atomic mass is 10.0. The molecule has 0 aliphatic carbocycles. The quantitative estimate of drug-likeness (QED) is 0.860. The van der Waals surface area contributed by atoms with Crippen LogP contribution in [-0.4, -0.2) is 58.7 Å². The molecule has 1 aliphatic heterocycles. The standard InChI is InChI=1S/C19H25FN4O/c1-14(2)18-17(19(25)23-10-4-9-22(3)11-12-23)13-21-24(18)16-7-5-15(20)6-8-16/h5-8,13-14H,4,9-12H2,1-3H3. The number of carbonyl (C=O) groups is 1. The zero-order chi connectivity index (χ0) is 18.0. The number of carbonyl (C=O) groups excluding carboxylic acids is 1. The van der Waals surface area contributed by atoms with Crippen LogP contribution in [0, 0.1) is 5.82 Å². The largest absolute Gasteiger partial charge is 0.337 e. The molecule has 0 saturated carbocycles. The molecule has 0 bridgehead atoms. The Kier molecular flexibility index (Phi) is 5.18. The lowest BCUT2D eigenvalue weighted by Crippen LogP contribution is -2.35. The smallest absolute Gasteiger partial charge is 0.257 e. The van der Waals surface area contributed by atoms with Crippen LogP contribution in [0.4, 0.5) is 4.39 Å². The highest BCUT2D eigenvalue weighted by Crippen LogP contribution is 2.24. The highest BCUT2D eigenvalue weighted by molar-refractivity contribution is 5.95. The molecule has 6 heteroatoms. The van der Waals surface area contributed by atoms with E-state index in [0.29, 0.717) is 5.56 Å². The Morgan fingerprint density at radius 3 is 2.52 bits per heavy atom. The third-order valence-corrected chi connectivity index (χ3v) is 4.66. The van der Waals surface area contributed by atoms with Crippen molar-refractivity contribution in [3.8, 4) is 5.69 Å². The van der Waals surface area contributed by atoms with Crippen LogP contribution in [-0.2, 0) is 0 Å². The first-order valence-corrected chi connectivity index (χ1v) is 8.79. The van der Waals surface area contributed by atoms with Gasteiger partial charge in [0.2, 0.25) is 0 Å². The van der Waals surface area contributed by atoms with E-state index in [2.05, 4.69) is 17.0 Å². The van der Waals surface area contributed by atoms with Crippen molar-refractivity contribution in [2.75, 3.05) is 33.2 Å². The molecule has 2 aromatic rings. The summed E-state index contributed by atoms with van der Waals surface area (Å²) in [4.78, 5) is 17.2. The molecular weight excluding hydrogens is 319 g/mol. The first-order chi connectivity index (χ1) is 12.0. The number of aromatic nitrogens is 2. The predicted octanol–water partition coefficient (Wildman–Crippen LogP) is 2.91. The molecule has 1 saturated heterocycles. The number of likely N-dealkylation sites (N-methyl/N-ethyl adjacent to an activating group) is 1. The SMILES string of the molecule is CC(C)c1c(C(=O)N2CCCN(C)CC2)cnn1-c1ccc(F)cc1. The number of benzene rings is 1. The predicted molar refractivity (Wildman–Crippen MR) is 95.6 cm³/mol. The Balaban J connectivity index is 1.93. The van der Waals surface area contributed by atoms with Gasteiger partial charge in [0.15, 0.2) is 0 Å². The summed E-state index contributed by atoms with van der Waals surface area (Å²) in [6.45, 7) is 7.48. The molecule has 0 spiro atoms. The van der Waals surface area contributed by atoms with Gasteiger partial charge in [0.05, 0.1) is 23.1 Å². The minimum absolute atomic E-state index is 0.0346. The van der Waals surface area contributed by atoms with Gasteiger partial charge in [0.25, 0.3) is 5.91 Å². The molecule has 25 heavy (non-hydrogen) atoms. The maximum Gasteiger partial charge on any atom is 0.257 e. The summed E-state index contributed by atoms with van der Waals surface area (Å²) in [6.07, 6.45) is 2.63. The van der Waals surface area contributed by atoms with Crippen LogP contribution in [0.15, 0.2) is 30.5 Å². The van der Waals surface area contributed by atoms with Crippen molar-refractivity contribution < 1.29 is 9.18 Å². The third kappa shape index (κ3) is 3.74. The monoisotopic (exact) mass is 344 g/mol. The van der Waals surface area contributed by atoms with Crippen LogP contribution in [0.1, 0.15) is 42.2 Å². The molecule has 1 aromatic heterocycles. The van der Waals surface area contributed by atoms with Gasteiger partial charge in [-0.3, -0.25) is 4.79 Å². The van der Waals surface area contributed by atoms with Crippen LogP contribution < -0.4 is 0 Å². The minimum Gasteiger partial charge on any atom is -0.337 e. The summed E-state index contributed by atoms with van der Waals surface area (Å²) >= 11 is 0. The molecule has 0 atom stereocenters. The van der Waals surface area contributed by atoms with Gasteiger partial charge in [-0.2, -0.15) is 5.10 Å². The average Bonchev–Trinajstić information content (AvgIpc) is 2.92. The molecule has 1 amide bonds. The fourth-order valence-corrected chi connectivity index (χ4v) is 3.29. The molecule has 134 valence electrons. The van der Waals surface area contributed by atoms with E-state index in [4.69, 9.17) is 0 Å². The first kappa shape index (κ1) is 17.6. The van der Waals surface area contributed by atoms with Gasteiger partial charge in [-0.15, -0.1) is 0 Å². The van der Waals surface area contributed by atoms with Gasteiger partial charge in [0, 0.05) is 19.6 Å². The van der Waals surface area contributed by atoms with Crippen LogP contribution in [0.5, 0.6) is 0 Å². The lowest BCUT2D eigenvalue weighted by Gasteiger charge is -2.21. The normalized spacial score (nSPS) is 16.3. The van der Waals surface area contributed by atoms with Crippen molar-refractivity contribution in [2.45, 2.75) is 26.2 Å². The molecular formula is C19H25FN4O. The minimum atomic E-state index is -0.285. The lowest BCUT2D eigenvalue weighted by molar-refractivity contribution is 0.0761. The maximum atomic E-state index is 13.2. The summed E-state index contributed by atoms with van der Waals surface area (Å²) in [5, 5.41) is 4.43. The number of hydrogen-bond donors (Lipinski definition) is 0. The fourth-order valence-electron chi connectivity index (χ4n) is 3.29. The Morgan fingerprint density at radius 2 is 1.84 bits per heavy atom. The molecule has 0 radical (unpaired) electrons. The van der Waals surface area contributed by atoms with E-state index in [-0.39, 0.29) is 17.6 Å². The topological polar surface area (TPSA) is 41.4 Å². The van der Waals surface area contributed by atoms with Gasteiger partial charge in [-0.1, -0.05) is 13.8 Å². The Morgan fingerprint density at radius 1 is 1.12 bits per heavy atom. The van der Waals surface area contributed by atoms with Crippen molar-refractivity contribution in [2.24, 2.45) is 0 Å². The molecule has 3 rings (SSSR count). The molecule has 1 aliphatic rings. The summed E-state index contributed by atoms with van der Waals surface area (Å²) < 4.78 is 15.0. The molecule has 0 N–H and O–H groups in total. The van der Waals surface area contributed by atoms with E-state index < -0.39 is 0 Å². The average molecular weight is 344 g/mol. The molecule has 0 unspecified atom stereocenters. The summed E-state index contributed by atoms with van der Waals surface area (Å²) in [6, 6.07) is 6.19. The van der Waals surface area contributed by atoms with Gasteiger partial charge >= 0.3 is 0 Å². The van der Waals surface area contributed by atoms with Crippen molar-refractivity contribution in [1.29, 1.82) is 0 Å². The molecule has 1 aromatic carbocycles. The second kappa shape index (κ2) is 7.35. The second-order valence-corrected chi connectivity index (χ2v) is 6.94. The van der Waals surface area contributed by atoms with Crippen LogP contribution in [0.25, 0.3) is 5.69 Å². The maximum absolute atomic E-state index is 13.2. The van der Waals surface area contributed by atoms with Crippen molar-refractivity contribution in [1.82, 2.24) is 19.6 Å². The van der Waals surface area contributed by atoms with Crippen LogP contribution in [0.2, 0.25) is 0 Å². The highest BCUT2D eigenvalue weighted by Gasteiger charge is 2.26. The first-order valence-electron chi connectivity index (χ1n) is 8.79. The van der Waals surface area contributed by atoms with Crippen LogP contribution >= 0.6 is 0 Å². The van der Waals surface area contributed by atoms with Gasteiger partial charge in [-0.25, -0.2) is 9.07 Å². The summed E-state index contributed by atoms with van der Waals surface area (Å²) in [5.74, 6) is -0.125. The molecule has 2 heterocycles. The molecule has 5 nitrogen and oxygen atoms in total. The van der Waals surface area contributed by atoms with Crippen molar-refractivity contribution >= 4 is 5.91 Å². The van der Waals surface area contributed by atoms with Gasteiger partial charge in [0.1, 0.15) is 5.82 Å². The number of nitrogens with zero attached hydrogens (tertiary/aromatic N) is 4.